The summed E-state index contributed by atoms with van der Waals surface area (Å²) in [6.45, 7) is 10.7. The minimum atomic E-state index is -0.608. The fourth-order valence-electron chi connectivity index (χ4n) is 3.76. The van der Waals surface area contributed by atoms with Crippen molar-refractivity contribution in [3.05, 3.63) is 12.2 Å². The summed E-state index contributed by atoms with van der Waals surface area (Å²) in [4.78, 5) is 26.8. The van der Waals surface area contributed by atoms with E-state index in [9.17, 15) is 9.59 Å². The summed E-state index contributed by atoms with van der Waals surface area (Å²) in [5, 5.41) is 0. The number of ether oxygens (including phenoxy) is 1. The van der Waals surface area contributed by atoms with Gasteiger partial charge in [-0.05, 0) is 25.7 Å². The summed E-state index contributed by atoms with van der Waals surface area (Å²) in [5.74, 6) is -0.797. The highest BCUT2D eigenvalue weighted by atomic mass is 16.5. The molecular weight excluding hydrogens is 254 g/mol. The zero-order valence-corrected chi connectivity index (χ0v) is 12.9. The first-order valence-corrected chi connectivity index (χ1v) is 7.33. The summed E-state index contributed by atoms with van der Waals surface area (Å²) in [7, 11) is 0. The van der Waals surface area contributed by atoms with Gasteiger partial charge in [-0.3, -0.25) is 14.5 Å². The van der Waals surface area contributed by atoms with Crippen LogP contribution in [0.15, 0.2) is 12.2 Å². The van der Waals surface area contributed by atoms with Gasteiger partial charge in [0.05, 0.1) is 23.0 Å². The van der Waals surface area contributed by atoms with E-state index in [1.807, 2.05) is 26.0 Å². The van der Waals surface area contributed by atoms with Crippen LogP contribution in [0.1, 0.15) is 41.0 Å². The molecule has 0 radical (unpaired) electrons. The van der Waals surface area contributed by atoms with E-state index in [0.717, 1.165) is 6.42 Å². The summed E-state index contributed by atoms with van der Waals surface area (Å²) in [5.41, 5.74) is -1.11. The molecule has 2 unspecified atom stereocenters. The predicted molar refractivity (Wildman–Crippen MR) is 74.8 cm³/mol. The van der Waals surface area contributed by atoms with E-state index in [-0.39, 0.29) is 29.1 Å². The molecule has 3 aliphatic heterocycles. The number of carbonyl (C=O) groups excluding carboxylic acids is 2. The number of amides is 2. The molecule has 4 atom stereocenters. The standard InChI is InChI=1S/C16H23NO3/c1-14(2,3)8-9-17-12(18)10-11(13(17)19)16(5)7-6-15(10,4)20-16/h6-7,10-11H,8-9H2,1-5H3/t10-,11+,15?,16?. The van der Waals surface area contributed by atoms with E-state index in [1.165, 1.54) is 4.90 Å². The zero-order chi connectivity index (χ0) is 14.9. The van der Waals surface area contributed by atoms with Crippen molar-refractivity contribution in [2.24, 2.45) is 17.3 Å². The number of hydrogen-bond donors (Lipinski definition) is 0. The van der Waals surface area contributed by atoms with E-state index in [0.29, 0.717) is 6.54 Å². The highest BCUT2D eigenvalue weighted by Gasteiger charge is 2.70. The molecule has 2 amide bonds. The number of fused-ring (bicyclic) bond motifs is 5. The van der Waals surface area contributed by atoms with E-state index in [4.69, 9.17) is 4.74 Å². The molecule has 2 saturated heterocycles. The molecule has 0 spiro atoms. The van der Waals surface area contributed by atoms with Crippen LogP contribution in [-0.2, 0) is 14.3 Å². The molecule has 3 rings (SSSR count). The molecule has 4 heteroatoms. The minimum absolute atomic E-state index is 0.0557. The quantitative estimate of drug-likeness (QED) is 0.574. The number of carbonyl (C=O) groups is 2. The lowest BCUT2D eigenvalue weighted by atomic mass is 9.73. The van der Waals surface area contributed by atoms with Gasteiger partial charge in [-0.1, -0.05) is 32.9 Å². The minimum Gasteiger partial charge on any atom is -0.359 e. The maximum atomic E-state index is 12.6. The summed E-state index contributed by atoms with van der Waals surface area (Å²) in [6, 6.07) is 0. The monoisotopic (exact) mass is 277 g/mol. The average molecular weight is 277 g/mol. The van der Waals surface area contributed by atoms with Gasteiger partial charge in [-0.15, -0.1) is 0 Å². The molecule has 4 nitrogen and oxygen atoms in total. The zero-order valence-electron chi connectivity index (χ0n) is 12.9. The molecule has 3 heterocycles. The van der Waals surface area contributed by atoms with Gasteiger partial charge >= 0.3 is 0 Å². The Morgan fingerprint density at radius 2 is 1.55 bits per heavy atom. The molecule has 0 aromatic rings. The van der Waals surface area contributed by atoms with Gasteiger partial charge in [0, 0.05) is 6.54 Å². The van der Waals surface area contributed by atoms with Crippen LogP contribution in [0.3, 0.4) is 0 Å². The van der Waals surface area contributed by atoms with Crippen LogP contribution in [0.25, 0.3) is 0 Å². The summed E-state index contributed by atoms with van der Waals surface area (Å²) in [6.07, 6.45) is 4.73. The molecule has 3 aliphatic rings. The van der Waals surface area contributed by atoms with Gasteiger partial charge in [0.15, 0.2) is 0 Å². The molecule has 0 N–H and O–H groups in total. The number of rotatable bonds is 2. The fraction of sp³-hybridized carbons (Fsp3) is 0.750. The molecule has 0 saturated carbocycles. The summed E-state index contributed by atoms with van der Waals surface area (Å²) < 4.78 is 5.97. The van der Waals surface area contributed by atoms with Crippen molar-refractivity contribution in [3.63, 3.8) is 0 Å². The van der Waals surface area contributed by atoms with Crippen LogP contribution in [0.4, 0.5) is 0 Å². The Balaban J connectivity index is 1.87. The molecule has 2 fully saturated rings. The first-order valence-electron chi connectivity index (χ1n) is 7.33. The van der Waals surface area contributed by atoms with Crippen LogP contribution >= 0.6 is 0 Å². The molecule has 20 heavy (non-hydrogen) atoms. The van der Waals surface area contributed by atoms with E-state index in [1.54, 1.807) is 0 Å². The molecule has 110 valence electrons. The second-order valence-electron chi connectivity index (χ2n) is 7.90. The molecule has 2 bridgehead atoms. The SMILES string of the molecule is CC(C)(C)CCN1C(=O)[C@@H]2[C@H](C1=O)C1(C)C=CC2(C)O1. The van der Waals surface area contributed by atoms with E-state index < -0.39 is 11.2 Å². The van der Waals surface area contributed by atoms with Crippen LogP contribution in [0, 0.1) is 17.3 Å². The number of imide groups is 1. The van der Waals surface area contributed by atoms with Crippen molar-refractivity contribution in [2.75, 3.05) is 6.54 Å². The van der Waals surface area contributed by atoms with Crippen molar-refractivity contribution < 1.29 is 14.3 Å². The topological polar surface area (TPSA) is 46.6 Å². The smallest absolute Gasteiger partial charge is 0.236 e. The highest BCUT2D eigenvalue weighted by molar-refractivity contribution is 6.07. The third kappa shape index (κ3) is 1.70. The van der Waals surface area contributed by atoms with Crippen LogP contribution < -0.4 is 0 Å². The largest absolute Gasteiger partial charge is 0.359 e. The molecule has 0 aromatic carbocycles. The number of likely N-dealkylation sites (tertiary alicyclic amines) is 1. The van der Waals surface area contributed by atoms with Crippen LogP contribution in [0.2, 0.25) is 0 Å². The molecule has 0 aromatic heterocycles. The lowest BCUT2D eigenvalue weighted by molar-refractivity contribution is -0.146. The van der Waals surface area contributed by atoms with Gasteiger partial charge in [-0.25, -0.2) is 0 Å². The van der Waals surface area contributed by atoms with Crippen molar-refractivity contribution in [1.82, 2.24) is 4.90 Å². The van der Waals surface area contributed by atoms with E-state index in [2.05, 4.69) is 20.8 Å². The van der Waals surface area contributed by atoms with Crippen molar-refractivity contribution in [1.29, 1.82) is 0 Å². The highest BCUT2D eigenvalue weighted by Crippen LogP contribution is 2.57. The summed E-state index contributed by atoms with van der Waals surface area (Å²) >= 11 is 0. The third-order valence-corrected chi connectivity index (χ3v) is 4.90. The average Bonchev–Trinajstić information content (AvgIpc) is 2.82. The Morgan fingerprint density at radius 3 is 1.95 bits per heavy atom. The fourth-order valence-corrected chi connectivity index (χ4v) is 3.76. The van der Waals surface area contributed by atoms with E-state index >= 15 is 0 Å². The molecule has 0 aliphatic carbocycles. The Bertz CT molecular complexity index is 482. The Morgan fingerprint density at radius 1 is 1.10 bits per heavy atom. The van der Waals surface area contributed by atoms with Gasteiger partial charge < -0.3 is 4.74 Å². The maximum Gasteiger partial charge on any atom is 0.236 e. The van der Waals surface area contributed by atoms with Gasteiger partial charge in [0.1, 0.15) is 0 Å². The van der Waals surface area contributed by atoms with Crippen LogP contribution in [0.5, 0.6) is 0 Å². The first-order chi connectivity index (χ1) is 9.07. The van der Waals surface area contributed by atoms with Crippen LogP contribution in [-0.4, -0.2) is 34.5 Å². The first kappa shape index (κ1) is 13.8. The van der Waals surface area contributed by atoms with Gasteiger partial charge in [0.25, 0.3) is 0 Å². The lowest BCUT2D eigenvalue weighted by Gasteiger charge is -2.27. The van der Waals surface area contributed by atoms with Crippen molar-refractivity contribution in [2.45, 2.75) is 52.2 Å². The van der Waals surface area contributed by atoms with Crippen molar-refractivity contribution in [3.8, 4) is 0 Å². The number of hydrogen-bond acceptors (Lipinski definition) is 3. The Hall–Kier alpha value is -1.16. The number of nitrogens with zero attached hydrogens (tertiary/aromatic N) is 1. The Labute approximate surface area is 120 Å². The Kier molecular flexibility index (Phi) is 2.57. The third-order valence-electron chi connectivity index (χ3n) is 4.90. The normalized spacial score (nSPS) is 42.8. The maximum absolute atomic E-state index is 12.6. The molecular formula is C16H23NO3. The second-order valence-corrected chi connectivity index (χ2v) is 7.90. The van der Waals surface area contributed by atoms with Gasteiger partial charge in [0.2, 0.25) is 11.8 Å². The predicted octanol–water partition coefficient (Wildman–Crippen LogP) is 2.14. The lowest BCUT2D eigenvalue weighted by Crippen LogP contribution is -2.40. The van der Waals surface area contributed by atoms with Crippen molar-refractivity contribution >= 4 is 11.8 Å². The van der Waals surface area contributed by atoms with Gasteiger partial charge in [-0.2, -0.15) is 0 Å². The second kappa shape index (κ2) is 3.73.